The monoisotopic (exact) mass is 210 g/mol. The number of carbonyl (C=O) groups excluding carboxylic acids is 1. The molecule has 3 heteroatoms. The Kier molecular flexibility index (Phi) is 2.01. The molecule has 3 aliphatic rings. The molecule has 2 bridgehead atoms. The summed E-state index contributed by atoms with van der Waals surface area (Å²) in [6, 6.07) is 0. The predicted molar refractivity (Wildman–Crippen MR) is 55.4 cm³/mol. The zero-order valence-electron chi connectivity index (χ0n) is 9.54. The lowest BCUT2D eigenvalue weighted by molar-refractivity contribution is -0.166. The van der Waals surface area contributed by atoms with Gasteiger partial charge in [0.25, 0.3) is 0 Å². The highest BCUT2D eigenvalue weighted by molar-refractivity contribution is 5.87. The largest absolute Gasteiger partial charge is 0.481 e. The molecule has 0 aromatic carbocycles. The quantitative estimate of drug-likeness (QED) is 0.721. The highest BCUT2D eigenvalue weighted by atomic mass is 16.4. The fraction of sp³-hybridized carbons (Fsp3) is 0.833. The minimum absolute atomic E-state index is 0.0178. The van der Waals surface area contributed by atoms with Crippen LogP contribution in [0.5, 0.6) is 0 Å². The molecule has 0 aromatic heterocycles. The molecule has 15 heavy (non-hydrogen) atoms. The highest BCUT2D eigenvalue weighted by Crippen LogP contribution is 2.59. The Morgan fingerprint density at radius 1 is 1.40 bits per heavy atom. The number of carboxylic acid groups (broad SMARTS) is 1. The third-order valence-corrected chi connectivity index (χ3v) is 4.38. The summed E-state index contributed by atoms with van der Waals surface area (Å²) in [5.74, 6) is -0.828. The van der Waals surface area contributed by atoms with Crippen LogP contribution in [-0.2, 0) is 9.59 Å². The number of ketones is 1. The van der Waals surface area contributed by atoms with Crippen molar-refractivity contribution >= 4 is 11.8 Å². The van der Waals surface area contributed by atoms with Crippen molar-refractivity contribution in [3.05, 3.63) is 0 Å². The van der Waals surface area contributed by atoms with E-state index in [1.807, 2.05) is 6.92 Å². The molecular formula is C12H18O3. The molecule has 3 rings (SSSR count). The van der Waals surface area contributed by atoms with Gasteiger partial charge >= 0.3 is 5.97 Å². The molecule has 84 valence electrons. The average Bonchev–Trinajstić information content (AvgIpc) is 1.97. The number of carboxylic acids is 1. The molecule has 3 aliphatic carbocycles. The molecule has 0 radical (unpaired) electrons. The predicted octanol–water partition coefficient (Wildman–Crippen LogP) is 2.10. The average molecular weight is 210 g/mol. The number of Topliss-reactive ketones (excluding diaryl/α,β-unsaturated/α-hetero) is 1. The van der Waals surface area contributed by atoms with Crippen LogP contribution in [0.3, 0.4) is 0 Å². The van der Waals surface area contributed by atoms with Gasteiger partial charge in [0.1, 0.15) is 5.78 Å². The Labute approximate surface area is 89.9 Å². The normalized spacial score (nSPS) is 43.0. The third kappa shape index (κ3) is 1.40. The van der Waals surface area contributed by atoms with Crippen molar-refractivity contribution in [1.82, 2.24) is 0 Å². The molecule has 0 heterocycles. The van der Waals surface area contributed by atoms with E-state index < -0.39 is 5.97 Å². The fourth-order valence-electron chi connectivity index (χ4n) is 3.80. The van der Waals surface area contributed by atoms with E-state index in [0.717, 1.165) is 6.42 Å². The Balaban J connectivity index is 2.38. The summed E-state index contributed by atoms with van der Waals surface area (Å²) < 4.78 is 0. The topological polar surface area (TPSA) is 54.4 Å². The number of fused-ring (bicyclic) bond motifs is 3. The maximum Gasteiger partial charge on any atom is 0.307 e. The number of hydrogen-bond acceptors (Lipinski definition) is 2. The van der Waals surface area contributed by atoms with Crippen LogP contribution in [0.25, 0.3) is 0 Å². The van der Waals surface area contributed by atoms with Crippen molar-refractivity contribution < 1.29 is 14.7 Å². The molecule has 3 nitrogen and oxygen atoms in total. The summed E-state index contributed by atoms with van der Waals surface area (Å²) in [7, 11) is 0. The van der Waals surface area contributed by atoms with Gasteiger partial charge in [-0.05, 0) is 23.7 Å². The van der Waals surface area contributed by atoms with Gasteiger partial charge in [0, 0.05) is 12.3 Å². The first-order valence-corrected chi connectivity index (χ1v) is 5.52. The zero-order valence-corrected chi connectivity index (χ0v) is 9.54. The number of hydrogen-bond donors (Lipinski definition) is 1. The number of aliphatic carboxylic acids is 1. The maximum atomic E-state index is 11.9. The summed E-state index contributed by atoms with van der Waals surface area (Å²) in [6.45, 7) is 6.14. The summed E-state index contributed by atoms with van der Waals surface area (Å²) in [6.07, 6.45) is 1.85. The first kappa shape index (κ1) is 10.7. The third-order valence-electron chi connectivity index (χ3n) is 4.38. The number of rotatable bonds is 1. The minimum Gasteiger partial charge on any atom is -0.481 e. The SMILES string of the molecule is CC1(C)C[C@@]2(C)CC(=O)[C@@H]1C[C@@H]2C(=O)O. The molecule has 0 spiro atoms. The van der Waals surface area contributed by atoms with E-state index in [-0.39, 0.29) is 28.4 Å². The Hall–Kier alpha value is -0.860. The van der Waals surface area contributed by atoms with Crippen molar-refractivity contribution in [3.8, 4) is 0 Å². The van der Waals surface area contributed by atoms with Crippen LogP contribution in [0.15, 0.2) is 0 Å². The van der Waals surface area contributed by atoms with Crippen LogP contribution < -0.4 is 0 Å². The van der Waals surface area contributed by atoms with Crippen LogP contribution in [0, 0.1) is 22.7 Å². The van der Waals surface area contributed by atoms with Crippen LogP contribution >= 0.6 is 0 Å². The maximum absolute atomic E-state index is 11.9. The van der Waals surface area contributed by atoms with Gasteiger partial charge in [0.15, 0.2) is 0 Å². The van der Waals surface area contributed by atoms with E-state index in [1.165, 1.54) is 0 Å². The molecule has 0 amide bonds. The highest BCUT2D eigenvalue weighted by Gasteiger charge is 2.58. The van der Waals surface area contributed by atoms with Crippen LogP contribution in [0.2, 0.25) is 0 Å². The van der Waals surface area contributed by atoms with E-state index >= 15 is 0 Å². The van der Waals surface area contributed by atoms with E-state index in [1.54, 1.807) is 0 Å². The van der Waals surface area contributed by atoms with Crippen molar-refractivity contribution in [3.63, 3.8) is 0 Å². The molecule has 0 aromatic rings. The first-order valence-electron chi connectivity index (χ1n) is 5.52. The molecule has 0 saturated heterocycles. The van der Waals surface area contributed by atoms with Gasteiger partial charge in [0.2, 0.25) is 0 Å². The molecular weight excluding hydrogens is 192 g/mol. The second-order valence-corrected chi connectivity index (χ2v) is 6.14. The molecule has 1 N–H and O–H groups in total. The zero-order chi connectivity index (χ0) is 11.4. The van der Waals surface area contributed by atoms with Gasteiger partial charge in [0.05, 0.1) is 5.92 Å². The molecule has 3 saturated carbocycles. The summed E-state index contributed by atoms with van der Waals surface area (Å²) in [4.78, 5) is 23.0. The lowest BCUT2D eigenvalue weighted by atomic mass is 9.47. The minimum atomic E-state index is -0.731. The van der Waals surface area contributed by atoms with Gasteiger partial charge in [-0.15, -0.1) is 0 Å². The van der Waals surface area contributed by atoms with E-state index in [9.17, 15) is 14.7 Å². The Morgan fingerprint density at radius 2 is 2.00 bits per heavy atom. The molecule has 0 unspecified atom stereocenters. The summed E-state index contributed by atoms with van der Waals surface area (Å²) in [5.41, 5.74) is -0.336. The Morgan fingerprint density at radius 3 is 2.40 bits per heavy atom. The van der Waals surface area contributed by atoms with E-state index in [2.05, 4.69) is 13.8 Å². The smallest absolute Gasteiger partial charge is 0.307 e. The van der Waals surface area contributed by atoms with Crippen molar-refractivity contribution in [2.75, 3.05) is 0 Å². The van der Waals surface area contributed by atoms with Crippen LogP contribution in [0.4, 0.5) is 0 Å². The van der Waals surface area contributed by atoms with Crippen LogP contribution in [0.1, 0.15) is 40.0 Å². The number of carbonyl (C=O) groups is 2. The molecule has 3 atom stereocenters. The van der Waals surface area contributed by atoms with Gasteiger partial charge in [-0.1, -0.05) is 20.8 Å². The van der Waals surface area contributed by atoms with Gasteiger partial charge in [-0.25, -0.2) is 0 Å². The second-order valence-electron chi connectivity index (χ2n) is 6.14. The van der Waals surface area contributed by atoms with Crippen molar-refractivity contribution in [2.24, 2.45) is 22.7 Å². The molecule has 3 fully saturated rings. The molecule has 0 aliphatic heterocycles. The van der Waals surface area contributed by atoms with Gasteiger partial charge < -0.3 is 5.11 Å². The standard InChI is InChI=1S/C12H18O3/c1-11(2)6-12(3)5-9(13)7(11)4-8(12)10(14)15/h7-8H,4-6H2,1-3H3,(H,14,15)/t7-,8+,12+/m0/s1. The van der Waals surface area contributed by atoms with Crippen molar-refractivity contribution in [2.45, 2.75) is 40.0 Å². The van der Waals surface area contributed by atoms with Gasteiger partial charge in [-0.2, -0.15) is 0 Å². The van der Waals surface area contributed by atoms with Crippen LogP contribution in [-0.4, -0.2) is 16.9 Å². The fourth-order valence-corrected chi connectivity index (χ4v) is 3.80. The summed E-state index contributed by atoms with van der Waals surface area (Å²) in [5, 5.41) is 9.17. The van der Waals surface area contributed by atoms with Gasteiger partial charge in [-0.3, -0.25) is 9.59 Å². The Bertz CT molecular complexity index is 332. The second kappa shape index (κ2) is 2.83. The lowest BCUT2D eigenvalue weighted by Crippen LogP contribution is -2.55. The first-order chi connectivity index (χ1) is 6.76. The van der Waals surface area contributed by atoms with E-state index in [0.29, 0.717) is 12.8 Å². The van der Waals surface area contributed by atoms with Crippen molar-refractivity contribution in [1.29, 1.82) is 0 Å². The lowest BCUT2D eigenvalue weighted by Gasteiger charge is -2.55. The summed E-state index contributed by atoms with van der Waals surface area (Å²) >= 11 is 0. The van der Waals surface area contributed by atoms with E-state index in [4.69, 9.17) is 0 Å².